The van der Waals surface area contributed by atoms with Crippen molar-refractivity contribution in [3.8, 4) is 0 Å². The summed E-state index contributed by atoms with van der Waals surface area (Å²) in [6, 6.07) is 0. The third-order valence-electron chi connectivity index (χ3n) is 3.34. The molecule has 3 unspecified atom stereocenters. The smallest absolute Gasteiger partial charge is 0.306 e. The molecule has 2 heteroatoms. The van der Waals surface area contributed by atoms with Gasteiger partial charge in [-0.15, -0.1) is 0 Å². The molecule has 0 aromatic heterocycles. The number of carbonyl (C=O) groups is 1. The van der Waals surface area contributed by atoms with E-state index < -0.39 is 5.97 Å². The van der Waals surface area contributed by atoms with Crippen LogP contribution >= 0.6 is 0 Å². The molecule has 0 amide bonds. The van der Waals surface area contributed by atoms with E-state index in [2.05, 4.69) is 6.92 Å². The predicted octanol–water partition coefficient (Wildman–Crippen LogP) is 2.14. The van der Waals surface area contributed by atoms with Gasteiger partial charge in [-0.3, -0.25) is 4.79 Å². The van der Waals surface area contributed by atoms with Gasteiger partial charge in [0.1, 0.15) is 0 Å². The first-order valence-electron chi connectivity index (χ1n) is 4.91. The number of aliphatic carboxylic acids is 1. The molecule has 12 heavy (non-hydrogen) atoms. The summed E-state index contributed by atoms with van der Waals surface area (Å²) in [7, 11) is 0. The molecule has 0 radical (unpaired) electrons. The molecule has 2 nitrogen and oxygen atoms in total. The van der Waals surface area contributed by atoms with Crippen LogP contribution in [-0.2, 0) is 4.79 Å². The van der Waals surface area contributed by atoms with E-state index in [0.29, 0.717) is 5.92 Å². The summed E-state index contributed by atoms with van der Waals surface area (Å²) < 4.78 is 0. The van der Waals surface area contributed by atoms with Crippen molar-refractivity contribution in [1.82, 2.24) is 0 Å². The molecule has 0 aliphatic heterocycles. The van der Waals surface area contributed by atoms with Crippen molar-refractivity contribution in [3.63, 3.8) is 0 Å². The molecule has 2 saturated carbocycles. The van der Waals surface area contributed by atoms with E-state index in [1.807, 2.05) is 0 Å². The fourth-order valence-corrected chi connectivity index (χ4v) is 2.15. The maximum Gasteiger partial charge on any atom is 0.306 e. The number of hydrogen-bond acceptors (Lipinski definition) is 1. The lowest BCUT2D eigenvalue weighted by Crippen LogP contribution is -2.03. The van der Waals surface area contributed by atoms with Gasteiger partial charge < -0.3 is 5.11 Å². The topological polar surface area (TPSA) is 37.3 Å². The Hall–Kier alpha value is -0.530. The first kappa shape index (κ1) is 8.09. The molecule has 0 aromatic carbocycles. The number of hydrogen-bond donors (Lipinski definition) is 1. The summed E-state index contributed by atoms with van der Waals surface area (Å²) in [5.41, 5.74) is 0. The van der Waals surface area contributed by atoms with Gasteiger partial charge in [0.15, 0.2) is 0 Å². The molecule has 0 bridgehead atoms. The summed E-state index contributed by atoms with van der Waals surface area (Å²) in [6.45, 7) is 2.27. The highest BCUT2D eigenvalue weighted by Crippen LogP contribution is 2.48. The van der Waals surface area contributed by atoms with Crippen LogP contribution in [0.3, 0.4) is 0 Å². The van der Waals surface area contributed by atoms with Crippen molar-refractivity contribution in [2.24, 2.45) is 23.7 Å². The Labute approximate surface area is 73.0 Å². The van der Waals surface area contributed by atoms with Gasteiger partial charge in [-0.1, -0.05) is 6.92 Å². The van der Waals surface area contributed by atoms with Crippen molar-refractivity contribution < 1.29 is 9.90 Å². The number of carboxylic acid groups (broad SMARTS) is 1. The fraction of sp³-hybridized carbons (Fsp3) is 0.900. The van der Waals surface area contributed by atoms with Crippen LogP contribution in [0.4, 0.5) is 0 Å². The van der Waals surface area contributed by atoms with E-state index in [1.165, 1.54) is 12.8 Å². The fourth-order valence-electron chi connectivity index (χ4n) is 2.15. The molecule has 0 saturated heterocycles. The largest absolute Gasteiger partial charge is 0.481 e. The Morgan fingerprint density at radius 3 is 2.67 bits per heavy atom. The summed E-state index contributed by atoms with van der Waals surface area (Å²) >= 11 is 0. The van der Waals surface area contributed by atoms with Crippen LogP contribution in [0, 0.1) is 23.7 Å². The lowest BCUT2D eigenvalue weighted by Gasteiger charge is -2.07. The van der Waals surface area contributed by atoms with Crippen LogP contribution < -0.4 is 0 Å². The van der Waals surface area contributed by atoms with Crippen molar-refractivity contribution in [2.75, 3.05) is 0 Å². The predicted molar refractivity (Wildman–Crippen MR) is 45.7 cm³/mol. The Morgan fingerprint density at radius 2 is 2.25 bits per heavy atom. The molecular weight excluding hydrogens is 152 g/mol. The maximum absolute atomic E-state index is 10.5. The molecule has 2 aliphatic rings. The molecule has 0 spiro atoms. The summed E-state index contributed by atoms with van der Waals surface area (Å²) in [5.74, 6) is 1.65. The standard InChI is InChI=1S/C10H16O2/c1-6(7-2-3-7)4-8-5-9(8)10(11)12/h6-9H,2-5H2,1H3,(H,11,12). The van der Waals surface area contributed by atoms with Gasteiger partial charge in [0, 0.05) is 0 Å². The third kappa shape index (κ3) is 1.62. The Balaban J connectivity index is 1.71. The molecule has 2 aliphatic carbocycles. The second-order valence-electron chi connectivity index (χ2n) is 4.49. The molecule has 1 N–H and O–H groups in total. The zero-order valence-corrected chi connectivity index (χ0v) is 7.49. The van der Waals surface area contributed by atoms with Gasteiger partial charge in [-0.05, 0) is 43.4 Å². The van der Waals surface area contributed by atoms with Crippen LogP contribution in [-0.4, -0.2) is 11.1 Å². The summed E-state index contributed by atoms with van der Waals surface area (Å²) in [4.78, 5) is 10.5. The van der Waals surface area contributed by atoms with Crippen LogP contribution in [0.15, 0.2) is 0 Å². The normalized spacial score (nSPS) is 36.1. The zero-order chi connectivity index (χ0) is 8.72. The van der Waals surface area contributed by atoms with E-state index in [4.69, 9.17) is 5.11 Å². The Bertz CT molecular complexity index is 196. The molecule has 2 rings (SSSR count). The SMILES string of the molecule is CC(CC1CC1C(=O)O)C1CC1. The van der Waals surface area contributed by atoms with Crippen molar-refractivity contribution in [1.29, 1.82) is 0 Å². The minimum Gasteiger partial charge on any atom is -0.481 e. The van der Waals surface area contributed by atoms with Gasteiger partial charge >= 0.3 is 5.97 Å². The second kappa shape index (κ2) is 2.75. The average molecular weight is 168 g/mol. The van der Waals surface area contributed by atoms with Gasteiger partial charge in [-0.2, -0.15) is 0 Å². The van der Waals surface area contributed by atoms with E-state index in [-0.39, 0.29) is 5.92 Å². The van der Waals surface area contributed by atoms with Crippen molar-refractivity contribution in [2.45, 2.75) is 32.6 Å². The van der Waals surface area contributed by atoms with Gasteiger partial charge in [0.05, 0.1) is 5.92 Å². The first-order valence-corrected chi connectivity index (χ1v) is 4.91. The van der Waals surface area contributed by atoms with E-state index in [1.54, 1.807) is 0 Å². The van der Waals surface area contributed by atoms with Crippen LogP contribution in [0.5, 0.6) is 0 Å². The quantitative estimate of drug-likeness (QED) is 0.698. The lowest BCUT2D eigenvalue weighted by atomic mass is 9.98. The van der Waals surface area contributed by atoms with Gasteiger partial charge in [0.25, 0.3) is 0 Å². The van der Waals surface area contributed by atoms with E-state index >= 15 is 0 Å². The minimum atomic E-state index is -0.581. The molecule has 0 heterocycles. The van der Waals surface area contributed by atoms with Crippen molar-refractivity contribution >= 4 is 5.97 Å². The van der Waals surface area contributed by atoms with Gasteiger partial charge in [-0.25, -0.2) is 0 Å². The third-order valence-corrected chi connectivity index (χ3v) is 3.34. The Morgan fingerprint density at radius 1 is 1.58 bits per heavy atom. The minimum absolute atomic E-state index is 0.00574. The summed E-state index contributed by atoms with van der Waals surface area (Å²) in [5, 5.41) is 8.69. The lowest BCUT2D eigenvalue weighted by molar-refractivity contribution is -0.138. The van der Waals surface area contributed by atoms with Gasteiger partial charge in [0.2, 0.25) is 0 Å². The van der Waals surface area contributed by atoms with Crippen LogP contribution in [0.25, 0.3) is 0 Å². The van der Waals surface area contributed by atoms with Crippen LogP contribution in [0.2, 0.25) is 0 Å². The van der Waals surface area contributed by atoms with E-state index in [9.17, 15) is 4.79 Å². The second-order valence-corrected chi connectivity index (χ2v) is 4.49. The van der Waals surface area contributed by atoms with Crippen LogP contribution in [0.1, 0.15) is 32.6 Å². The average Bonchev–Trinajstić information content (AvgIpc) is 2.83. The molecule has 2 fully saturated rings. The zero-order valence-electron chi connectivity index (χ0n) is 7.49. The monoisotopic (exact) mass is 168 g/mol. The highest BCUT2D eigenvalue weighted by Gasteiger charge is 2.45. The van der Waals surface area contributed by atoms with Crippen molar-refractivity contribution in [3.05, 3.63) is 0 Å². The molecule has 0 aromatic rings. The molecular formula is C10H16O2. The first-order chi connectivity index (χ1) is 5.68. The Kier molecular flexibility index (Phi) is 1.85. The molecule has 3 atom stereocenters. The highest BCUT2D eigenvalue weighted by atomic mass is 16.4. The summed E-state index contributed by atoms with van der Waals surface area (Å²) in [6.07, 6.45) is 4.85. The van der Waals surface area contributed by atoms with E-state index in [0.717, 1.165) is 24.7 Å². The highest BCUT2D eigenvalue weighted by molar-refractivity contribution is 5.73. The number of rotatable bonds is 4. The number of carboxylic acids is 1. The maximum atomic E-state index is 10.5. The molecule has 68 valence electrons.